The van der Waals surface area contributed by atoms with Crippen molar-refractivity contribution in [1.29, 1.82) is 0 Å². The van der Waals surface area contributed by atoms with Crippen molar-refractivity contribution >= 4 is 23.5 Å². The Balaban J connectivity index is 1.50. The van der Waals surface area contributed by atoms with Crippen LogP contribution in [0.5, 0.6) is 0 Å². The molecule has 132 valence electrons. The minimum absolute atomic E-state index is 0.0951. The van der Waals surface area contributed by atoms with Crippen molar-refractivity contribution in [2.45, 2.75) is 38.1 Å². The first-order valence-electron chi connectivity index (χ1n) is 9.15. The van der Waals surface area contributed by atoms with Crippen LogP contribution in [-0.2, 0) is 9.59 Å². The maximum atomic E-state index is 12.8. The number of nitrogens with zero attached hydrogens (tertiary/aromatic N) is 3. The van der Waals surface area contributed by atoms with Gasteiger partial charge in [-0.2, -0.15) is 0 Å². The number of benzene rings is 1. The summed E-state index contributed by atoms with van der Waals surface area (Å²) >= 11 is 0. The van der Waals surface area contributed by atoms with Gasteiger partial charge in [-0.1, -0.05) is 37.5 Å². The lowest BCUT2D eigenvalue weighted by molar-refractivity contribution is -0.139. The normalized spacial score (nSPS) is 24.6. The summed E-state index contributed by atoms with van der Waals surface area (Å²) < 4.78 is 0. The Morgan fingerprint density at radius 3 is 2.40 bits per heavy atom. The standard InChI is InChI=1S/C19H23N3O3/c23-17(14-7-3-1-4-8-14)20-11-12-21-16(13-20)18(24)22(19(21)25)15-9-5-2-6-10-15/h2,5-6,9-10,14,16H,1,3-4,7-8,11-13H2/t16-/m1/s1. The van der Waals surface area contributed by atoms with E-state index >= 15 is 0 Å². The maximum absolute atomic E-state index is 12.8. The van der Waals surface area contributed by atoms with Crippen molar-refractivity contribution < 1.29 is 14.4 Å². The fraction of sp³-hybridized carbons (Fsp3) is 0.526. The molecule has 0 spiro atoms. The number of rotatable bonds is 2. The molecule has 1 aliphatic carbocycles. The Morgan fingerprint density at radius 2 is 1.68 bits per heavy atom. The van der Waals surface area contributed by atoms with Crippen LogP contribution in [0.15, 0.2) is 30.3 Å². The fourth-order valence-corrected chi connectivity index (χ4v) is 4.22. The fourth-order valence-electron chi connectivity index (χ4n) is 4.22. The summed E-state index contributed by atoms with van der Waals surface area (Å²) in [5.41, 5.74) is 0.594. The van der Waals surface area contributed by atoms with Crippen LogP contribution in [0.2, 0.25) is 0 Å². The number of carbonyl (C=O) groups is 3. The first-order valence-corrected chi connectivity index (χ1v) is 9.15. The van der Waals surface area contributed by atoms with Crippen molar-refractivity contribution in [3.63, 3.8) is 0 Å². The van der Waals surface area contributed by atoms with Crippen LogP contribution >= 0.6 is 0 Å². The number of anilines is 1. The molecule has 2 saturated heterocycles. The highest BCUT2D eigenvalue weighted by atomic mass is 16.2. The first-order chi connectivity index (χ1) is 12.2. The third-order valence-electron chi connectivity index (χ3n) is 5.60. The zero-order valence-corrected chi connectivity index (χ0v) is 14.3. The summed E-state index contributed by atoms with van der Waals surface area (Å²) in [7, 11) is 0. The van der Waals surface area contributed by atoms with Crippen LogP contribution in [0.1, 0.15) is 32.1 Å². The zero-order valence-electron chi connectivity index (χ0n) is 14.3. The third kappa shape index (κ3) is 2.79. The Labute approximate surface area is 147 Å². The molecule has 2 heterocycles. The molecule has 0 radical (unpaired) electrons. The van der Waals surface area contributed by atoms with Crippen molar-refractivity contribution in [1.82, 2.24) is 9.80 Å². The number of piperazine rings is 1. The molecule has 1 saturated carbocycles. The zero-order chi connectivity index (χ0) is 17.4. The number of carbonyl (C=O) groups excluding carboxylic acids is 3. The lowest BCUT2D eigenvalue weighted by Crippen LogP contribution is -2.55. The van der Waals surface area contributed by atoms with Gasteiger partial charge in [-0.25, -0.2) is 9.69 Å². The van der Waals surface area contributed by atoms with Gasteiger partial charge in [-0.3, -0.25) is 9.59 Å². The van der Waals surface area contributed by atoms with E-state index in [1.807, 2.05) is 18.2 Å². The number of fused-ring (bicyclic) bond motifs is 1. The van der Waals surface area contributed by atoms with Gasteiger partial charge in [0.15, 0.2) is 0 Å². The van der Waals surface area contributed by atoms with E-state index < -0.39 is 6.04 Å². The van der Waals surface area contributed by atoms with Gasteiger partial charge in [-0.15, -0.1) is 0 Å². The highest BCUT2D eigenvalue weighted by Gasteiger charge is 2.49. The van der Waals surface area contributed by atoms with Crippen molar-refractivity contribution in [3.05, 3.63) is 30.3 Å². The lowest BCUT2D eigenvalue weighted by atomic mass is 9.88. The average molecular weight is 341 g/mol. The SMILES string of the molecule is O=C(C1CCCCC1)N1CCN2C(=O)N(c3ccccc3)C(=O)[C@H]2C1. The molecule has 0 aromatic heterocycles. The molecule has 2 aliphatic heterocycles. The molecule has 0 unspecified atom stereocenters. The summed E-state index contributed by atoms with van der Waals surface area (Å²) in [4.78, 5) is 42.9. The molecule has 4 rings (SSSR count). The average Bonchev–Trinajstić information content (AvgIpc) is 2.92. The molecule has 4 amide bonds. The van der Waals surface area contributed by atoms with Gasteiger partial charge in [0, 0.05) is 19.0 Å². The van der Waals surface area contributed by atoms with Gasteiger partial charge in [0.2, 0.25) is 5.91 Å². The number of urea groups is 1. The number of amides is 4. The Kier molecular flexibility index (Phi) is 4.19. The van der Waals surface area contributed by atoms with Crippen molar-refractivity contribution in [2.75, 3.05) is 24.5 Å². The Morgan fingerprint density at radius 1 is 0.960 bits per heavy atom. The van der Waals surface area contributed by atoms with E-state index in [1.165, 1.54) is 11.3 Å². The van der Waals surface area contributed by atoms with Crippen molar-refractivity contribution in [3.8, 4) is 0 Å². The van der Waals surface area contributed by atoms with Crippen LogP contribution in [0.3, 0.4) is 0 Å². The van der Waals surface area contributed by atoms with E-state index in [1.54, 1.807) is 21.9 Å². The van der Waals surface area contributed by atoms with E-state index in [2.05, 4.69) is 0 Å². The highest BCUT2D eigenvalue weighted by molar-refractivity contribution is 6.21. The number of hydrogen-bond acceptors (Lipinski definition) is 3. The molecule has 1 aromatic rings. The van der Waals surface area contributed by atoms with E-state index in [9.17, 15) is 14.4 Å². The monoisotopic (exact) mass is 341 g/mol. The summed E-state index contributed by atoms with van der Waals surface area (Å²) in [6, 6.07) is 8.18. The van der Waals surface area contributed by atoms with Crippen LogP contribution in [0.25, 0.3) is 0 Å². The summed E-state index contributed by atoms with van der Waals surface area (Å²) in [6.07, 6.45) is 5.33. The Bertz CT molecular complexity index is 684. The predicted molar refractivity (Wildman–Crippen MR) is 93.0 cm³/mol. The molecule has 0 N–H and O–H groups in total. The molecular weight excluding hydrogens is 318 g/mol. The van der Waals surface area contributed by atoms with Crippen LogP contribution in [0, 0.1) is 5.92 Å². The van der Waals surface area contributed by atoms with E-state index in [-0.39, 0.29) is 23.8 Å². The predicted octanol–water partition coefficient (Wildman–Crippen LogP) is 2.25. The largest absolute Gasteiger partial charge is 0.338 e. The van der Waals surface area contributed by atoms with Crippen LogP contribution in [-0.4, -0.2) is 53.3 Å². The van der Waals surface area contributed by atoms with Crippen LogP contribution in [0.4, 0.5) is 10.5 Å². The molecule has 6 heteroatoms. The number of imide groups is 1. The minimum atomic E-state index is -0.547. The second-order valence-corrected chi connectivity index (χ2v) is 7.12. The molecule has 1 aromatic carbocycles. The third-order valence-corrected chi connectivity index (χ3v) is 5.60. The molecule has 6 nitrogen and oxygen atoms in total. The van der Waals surface area contributed by atoms with Gasteiger partial charge in [-0.05, 0) is 25.0 Å². The lowest BCUT2D eigenvalue weighted by Gasteiger charge is -2.37. The smallest absolute Gasteiger partial charge is 0.332 e. The molecule has 25 heavy (non-hydrogen) atoms. The van der Waals surface area contributed by atoms with Crippen LogP contribution < -0.4 is 4.90 Å². The summed E-state index contributed by atoms with van der Waals surface area (Å²) in [5.74, 6) is 0.0350. The Hall–Kier alpha value is -2.37. The van der Waals surface area contributed by atoms with Crippen molar-refractivity contribution in [2.24, 2.45) is 5.92 Å². The summed E-state index contributed by atoms with van der Waals surface area (Å²) in [6.45, 7) is 1.27. The van der Waals surface area contributed by atoms with Gasteiger partial charge >= 0.3 is 6.03 Å². The van der Waals surface area contributed by atoms with E-state index in [0.29, 0.717) is 25.3 Å². The first kappa shape index (κ1) is 16.1. The second kappa shape index (κ2) is 6.50. The minimum Gasteiger partial charge on any atom is -0.338 e. The van der Waals surface area contributed by atoms with Gasteiger partial charge < -0.3 is 9.80 Å². The van der Waals surface area contributed by atoms with E-state index in [4.69, 9.17) is 0 Å². The molecular formula is C19H23N3O3. The quantitative estimate of drug-likeness (QED) is 0.775. The van der Waals surface area contributed by atoms with Gasteiger partial charge in [0.1, 0.15) is 6.04 Å². The molecule has 3 aliphatic rings. The van der Waals surface area contributed by atoms with Gasteiger partial charge in [0.25, 0.3) is 5.91 Å². The molecule has 0 bridgehead atoms. The highest BCUT2D eigenvalue weighted by Crippen LogP contribution is 2.30. The number of para-hydroxylation sites is 1. The number of hydrogen-bond donors (Lipinski definition) is 0. The topological polar surface area (TPSA) is 60.9 Å². The van der Waals surface area contributed by atoms with Gasteiger partial charge in [0.05, 0.1) is 12.2 Å². The second-order valence-electron chi connectivity index (χ2n) is 7.12. The molecule has 3 fully saturated rings. The summed E-state index contributed by atoms with van der Waals surface area (Å²) in [5, 5.41) is 0. The molecule has 1 atom stereocenters. The van der Waals surface area contributed by atoms with E-state index in [0.717, 1.165) is 25.7 Å². The maximum Gasteiger partial charge on any atom is 0.332 e.